The van der Waals surface area contributed by atoms with Crippen LogP contribution in [0, 0.1) is 22.7 Å². The Morgan fingerprint density at radius 2 is 0.443 bits per heavy atom. The van der Waals surface area contributed by atoms with Crippen molar-refractivity contribution in [3.8, 4) is 46.3 Å². The third-order valence-corrected chi connectivity index (χ3v) is 18.6. The molecule has 0 radical (unpaired) electrons. The zero-order valence-corrected chi connectivity index (χ0v) is 47.1. The molecule has 0 spiro atoms. The summed E-state index contributed by atoms with van der Waals surface area (Å²) in [6.07, 6.45) is 0. The molecule has 88 heavy (non-hydrogen) atoms. The zero-order chi connectivity index (χ0) is 57.9. The molecule has 0 aliphatic carbocycles. The molecule has 0 amide bonds. The van der Waals surface area contributed by atoms with Gasteiger partial charge in [-0.1, -0.05) is 194 Å². The van der Waals surface area contributed by atoms with Crippen LogP contribution in [0.5, 0.6) is 0 Å². The van der Waals surface area contributed by atoms with Crippen molar-refractivity contribution in [1.82, 2.24) is 27.4 Å². The van der Waals surface area contributed by atoms with Crippen molar-refractivity contribution in [3.05, 3.63) is 290 Å². The molecule has 0 saturated heterocycles. The summed E-state index contributed by atoms with van der Waals surface area (Å²) in [5.41, 5.74) is 16.8. The zero-order valence-electron chi connectivity index (χ0n) is 47.1. The summed E-state index contributed by atoms with van der Waals surface area (Å²) in [6.45, 7) is 0. The minimum Gasteiger partial charge on any atom is -0.309 e. The maximum Gasteiger partial charge on any atom is 0.104 e. The van der Waals surface area contributed by atoms with Crippen LogP contribution in [0.3, 0.4) is 0 Å². The SMILES string of the molecule is N#Cc1c(-n2c3ccccc3c3ccccc32)c(C#N)c(-n2c3ccccc3c3c2ccc2c4ccccc4n(-c4ccccc4)c23)c(-n2c3ccccc3c3ccccc32)c1-n1c2ccccc2c2c1ccc1c3ccccc3n(-c3ccccc3)c12. The van der Waals surface area contributed by atoms with Crippen LogP contribution >= 0.6 is 0 Å². The summed E-state index contributed by atoms with van der Waals surface area (Å²) >= 11 is 0. The van der Waals surface area contributed by atoms with E-state index < -0.39 is 0 Å². The largest absolute Gasteiger partial charge is 0.309 e. The summed E-state index contributed by atoms with van der Waals surface area (Å²) in [5.74, 6) is 0. The molecule has 0 bridgehead atoms. The highest BCUT2D eigenvalue weighted by molar-refractivity contribution is 6.28. The van der Waals surface area contributed by atoms with Gasteiger partial charge in [-0.3, -0.25) is 0 Å². The van der Waals surface area contributed by atoms with Gasteiger partial charge in [-0.05, 0) is 84.9 Å². The lowest BCUT2D eigenvalue weighted by Gasteiger charge is -2.27. The van der Waals surface area contributed by atoms with Crippen LogP contribution in [0.15, 0.2) is 279 Å². The Kier molecular flexibility index (Phi) is 9.87. The van der Waals surface area contributed by atoms with Crippen LogP contribution in [-0.4, -0.2) is 27.4 Å². The van der Waals surface area contributed by atoms with Crippen molar-refractivity contribution < 1.29 is 0 Å². The maximum absolute atomic E-state index is 12.9. The van der Waals surface area contributed by atoms with Crippen molar-refractivity contribution in [1.29, 1.82) is 10.5 Å². The number of para-hydroxylation sites is 10. The molecule has 0 fully saturated rings. The first-order chi connectivity index (χ1) is 43.7. The third-order valence-electron chi connectivity index (χ3n) is 18.6. The van der Waals surface area contributed by atoms with Crippen molar-refractivity contribution >= 4 is 131 Å². The molecule has 0 aliphatic heterocycles. The summed E-state index contributed by atoms with van der Waals surface area (Å²) in [4.78, 5) is 0. The molecule has 0 atom stereocenters. The minimum atomic E-state index is 0.349. The Morgan fingerprint density at radius 1 is 0.193 bits per heavy atom. The van der Waals surface area contributed by atoms with Gasteiger partial charge in [0.05, 0.1) is 88.9 Å². The number of fused-ring (bicyclic) bond motifs is 20. The molecule has 0 aliphatic rings. The highest BCUT2D eigenvalue weighted by Gasteiger charge is 2.36. The van der Waals surface area contributed by atoms with Crippen LogP contribution in [0.1, 0.15) is 11.1 Å². The topological polar surface area (TPSA) is 77.2 Å². The van der Waals surface area contributed by atoms with Gasteiger partial charge in [-0.25, -0.2) is 0 Å². The Bertz CT molecular complexity index is 5950. The lowest BCUT2D eigenvalue weighted by Crippen LogP contribution is -2.17. The van der Waals surface area contributed by atoms with Gasteiger partial charge in [0, 0.05) is 76.0 Å². The molecule has 19 rings (SSSR count). The van der Waals surface area contributed by atoms with E-state index in [0.717, 1.165) is 142 Å². The molecule has 13 aromatic carbocycles. The molecule has 0 N–H and O–H groups in total. The summed E-state index contributed by atoms with van der Waals surface area (Å²) in [7, 11) is 0. The van der Waals surface area contributed by atoms with E-state index in [0.29, 0.717) is 33.9 Å². The van der Waals surface area contributed by atoms with Gasteiger partial charge in [0.1, 0.15) is 23.3 Å². The maximum atomic E-state index is 12.9. The van der Waals surface area contributed by atoms with Gasteiger partial charge in [-0.2, -0.15) is 10.5 Å². The van der Waals surface area contributed by atoms with E-state index in [2.05, 4.69) is 319 Å². The van der Waals surface area contributed by atoms with Crippen molar-refractivity contribution in [3.63, 3.8) is 0 Å². The van der Waals surface area contributed by atoms with Crippen LogP contribution < -0.4 is 0 Å². The molecule has 0 unspecified atom stereocenters. The summed E-state index contributed by atoms with van der Waals surface area (Å²) in [5, 5.41) is 38.6. The number of benzene rings is 13. The average Bonchev–Trinajstić information content (AvgIpc) is 1.58. The first kappa shape index (κ1) is 48.1. The van der Waals surface area contributed by atoms with Crippen LogP contribution in [-0.2, 0) is 0 Å². The Balaban J connectivity index is 1.11. The highest BCUT2D eigenvalue weighted by atomic mass is 15.1. The predicted octanol–water partition coefficient (Wildman–Crippen LogP) is 20.0. The molecule has 0 saturated carbocycles. The molecule has 8 heteroatoms. The predicted molar refractivity (Wildman–Crippen MR) is 362 cm³/mol. The fourth-order valence-corrected chi connectivity index (χ4v) is 15.3. The second-order valence-corrected chi connectivity index (χ2v) is 22.9. The number of nitrogens with zero attached hydrogens (tertiary/aromatic N) is 8. The Morgan fingerprint density at radius 3 is 0.773 bits per heavy atom. The monoisotopic (exact) mass is 1120 g/mol. The normalized spacial score (nSPS) is 12.1. The molecular formula is C80H46N8. The lowest BCUT2D eigenvalue weighted by atomic mass is 9.98. The van der Waals surface area contributed by atoms with Crippen LogP contribution in [0.4, 0.5) is 0 Å². The average molecular weight is 1120 g/mol. The smallest absolute Gasteiger partial charge is 0.104 e. The molecule has 6 heterocycles. The second kappa shape index (κ2) is 18.1. The van der Waals surface area contributed by atoms with Gasteiger partial charge in [0.15, 0.2) is 0 Å². The summed E-state index contributed by atoms with van der Waals surface area (Å²) in [6, 6.07) is 105. The molecule has 406 valence electrons. The van der Waals surface area contributed by atoms with Crippen molar-refractivity contribution in [2.24, 2.45) is 0 Å². The molecular weight excluding hydrogens is 1070 g/mol. The van der Waals surface area contributed by atoms with E-state index in [-0.39, 0.29) is 0 Å². The van der Waals surface area contributed by atoms with E-state index in [1.807, 2.05) is 0 Å². The highest BCUT2D eigenvalue weighted by Crippen LogP contribution is 2.51. The number of rotatable bonds is 6. The fraction of sp³-hybridized carbons (Fsp3) is 0. The minimum absolute atomic E-state index is 0.349. The lowest BCUT2D eigenvalue weighted by molar-refractivity contribution is 1.02. The van der Waals surface area contributed by atoms with Crippen LogP contribution in [0.2, 0.25) is 0 Å². The van der Waals surface area contributed by atoms with E-state index in [1.54, 1.807) is 0 Å². The Labute approximate surface area is 502 Å². The quantitative estimate of drug-likeness (QED) is 0.166. The number of hydrogen-bond acceptors (Lipinski definition) is 2. The van der Waals surface area contributed by atoms with Gasteiger partial charge >= 0.3 is 0 Å². The van der Waals surface area contributed by atoms with Gasteiger partial charge in [-0.15, -0.1) is 0 Å². The first-order valence-corrected chi connectivity index (χ1v) is 29.7. The third kappa shape index (κ3) is 6.24. The van der Waals surface area contributed by atoms with Crippen LogP contribution in [0.25, 0.3) is 165 Å². The van der Waals surface area contributed by atoms with E-state index in [1.165, 1.54) is 0 Å². The number of hydrogen-bond donors (Lipinski definition) is 0. The molecule has 6 aromatic heterocycles. The van der Waals surface area contributed by atoms with Gasteiger partial charge < -0.3 is 27.4 Å². The van der Waals surface area contributed by atoms with E-state index in [4.69, 9.17) is 0 Å². The fourth-order valence-electron chi connectivity index (χ4n) is 15.3. The number of nitriles is 2. The second-order valence-electron chi connectivity index (χ2n) is 22.9. The molecule has 8 nitrogen and oxygen atoms in total. The number of aromatic nitrogens is 6. The van der Waals surface area contributed by atoms with Gasteiger partial charge in [0.25, 0.3) is 0 Å². The van der Waals surface area contributed by atoms with Crippen molar-refractivity contribution in [2.75, 3.05) is 0 Å². The van der Waals surface area contributed by atoms with E-state index >= 15 is 0 Å². The van der Waals surface area contributed by atoms with Gasteiger partial charge in [0.2, 0.25) is 0 Å². The molecule has 19 aromatic rings. The Hall–Kier alpha value is -12.4. The van der Waals surface area contributed by atoms with Crippen molar-refractivity contribution in [2.45, 2.75) is 0 Å². The van der Waals surface area contributed by atoms with E-state index in [9.17, 15) is 10.5 Å². The first-order valence-electron chi connectivity index (χ1n) is 29.7. The standard InChI is InChI=1S/C80H46N8/c81-47-61-75(85-65-37-17-7-27-51(65)52-28-8-18-38-66(52)85)62(48-82)79(88-70-42-22-14-34-60(70)74-72(88)46-44-58-56-32-12-16-36-64(56)84(77(58)74)50-25-5-2-6-26-50)80(86-67-39-19-9-29-53(67)54-30-10-20-40-68(54)86)78(61)87-69-41-21-13-33-59(69)73-71(87)45-43-57-55-31-11-15-35-63(55)83(76(57)73)49-23-3-1-4-24-49/h1-46H. The summed E-state index contributed by atoms with van der Waals surface area (Å²) < 4.78 is 14.1.